The second-order valence-corrected chi connectivity index (χ2v) is 7.28. The average molecular weight is 402 g/mol. The summed E-state index contributed by atoms with van der Waals surface area (Å²) in [7, 11) is 0. The van der Waals surface area contributed by atoms with Crippen LogP contribution in [0.25, 0.3) is 21.5 Å². The third-order valence-electron chi connectivity index (χ3n) is 5.16. The van der Waals surface area contributed by atoms with Gasteiger partial charge in [0.1, 0.15) is 17.7 Å². The maximum atomic E-state index is 6.00. The van der Waals surface area contributed by atoms with Gasteiger partial charge in [-0.3, -0.25) is 5.73 Å². The second kappa shape index (κ2) is 9.16. The van der Waals surface area contributed by atoms with E-state index >= 15 is 0 Å². The van der Waals surface area contributed by atoms with Crippen LogP contribution in [0.15, 0.2) is 72.8 Å². The summed E-state index contributed by atoms with van der Waals surface area (Å²) in [6.45, 7) is 4.63. The van der Waals surface area contributed by atoms with Crippen molar-refractivity contribution < 1.29 is 14.2 Å². The van der Waals surface area contributed by atoms with Crippen LogP contribution in [0.1, 0.15) is 25.0 Å². The molecule has 0 bridgehead atoms. The van der Waals surface area contributed by atoms with Gasteiger partial charge in [-0.2, -0.15) is 0 Å². The summed E-state index contributed by atoms with van der Waals surface area (Å²) in [6, 6.07) is 24.9. The Morgan fingerprint density at radius 1 is 0.767 bits per heavy atom. The van der Waals surface area contributed by atoms with Gasteiger partial charge in [-0.15, -0.1) is 0 Å². The number of rotatable bonds is 8. The lowest BCUT2D eigenvalue weighted by Crippen LogP contribution is -2.23. The van der Waals surface area contributed by atoms with E-state index in [1.165, 1.54) is 10.8 Å². The smallest absolute Gasteiger partial charge is 0.189 e. The number of nitrogens with two attached hydrogens (primary N) is 1. The van der Waals surface area contributed by atoms with Gasteiger partial charge in [0.2, 0.25) is 0 Å². The Bertz CT molecular complexity index is 1150. The maximum absolute atomic E-state index is 6.00. The molecule has 0 aromatic heterocycles. The molecule has 0 amide bonds. The van der Waals surface area contributed by atoms with Gasteiger partial charge in [0.15, 0.2) is 6.79 Å². The first kappa shape index (κ1) is 20.2. The van der Waals surface area contributed by atoms with Gasteiger partial charge in [0, 0.05) is 24.2 Å². The van der Waals surface area contributed by atoms with Crippen LogP contribution in [0.4, 0.5) is 0 Å². The molecule has 4 rings (SSSR count). The SMILES string of the molecule is CCOCOc1ccc2ccccc2c1Cc1c(OC(C)N)ccc2ccccc12. The van der Waals surface area contributed by atoms with Crippen LogP contribution in [-0.4, -0.2) is 19.6 Å². The van der Waals surface area contributed by atoms with E-state index in [2.05, 4.69) is 54.6 Å². The molecule has 4 aromatic carbocycles. The highest BCUT2D eigenvalue weighted by atomic mass is 16.7. The molecule has 1 unspecified atom stereocenters. The van der Waals surface area contributed by atoms with E-state index in [0.717, 1.165) is 33.4 Å². The first-order chi connectivity index (χ1) is 14.7. The van der Waals surface area contributed by atoms with Crippen LogP contribution in [0.5, 0.6) is 11.5 Å². The zero-order chi connectivity index (χ0) is 20.9. The normalized spacial score (nSPS) is 12.2. The number of ether oxygens (including phenoxy) is 3. The lowest BCUT2D eigenvalue weighted by molar-refractivity contribution is 0.0220. The molecule has 154 valence electrons. The second-order valence-electron chi connectivity index (χ2n) is 7.28. The Labute approximate surface area is 177 Å². The third-order valence-corrected chi connectivity index (χ3v) is 5.16. The number of benzene rings is 4. The zero-order valence-electron chi connectivity index (χ0n) is 17.4. The topological polar surface area (TPSA) is 53.7 Å². The molecule has 1 atom stereocenters. The lowest BCUT2D eigenvalue weighted by atomic mass is 9.93. The maximum Gasteiger partial charge on any atom is 0.189 e. The molecule has 0 aliphatic rings. The fourth-order valence-corrected chi connectivity index (χ4v) is 3.81. The lowest BCUT2D eigenvalue weighted by Gasteiger charge is -2.19. The third kappa shape index (κ3) is 4.25. The molecule has 2 N–H and O–H groups in total. The number of hydrogen-bond donors (Lipinski definition) is 1. The zero-order valence-corrected chi connectivity index (χ0v) is 17.4. The fraction of sp³-hybridized carbons (Fsp3) is 0.231. The summed E-state index contributed by atoms with van der Waals surface area (Å²) in [5.41, 5.74) is 8.18. The van der Waals surface area contributed by atoms with Crippen molar-refractivity contribution in [1.82, 2.24) is 0 Å². The predicted molar refractivity (Wildman–Crippen MR) is 122 cm³/mol. The van der Waals surface area contributed by atoms with E-state index in [9.17, 15) is 0 Å². The molecule has 0 fully saturated rings. The van der Waals surface area contributed by atoms with E-state index in [0.29, 0.717) is 13.0 Å². The van der Waals surface area contributed by atoms with E-state index in [1.54, 1.807) is 0 Å². The molecule has 0 aliphatic heterocycles. The Morgan fingerprint density at radius 2 is 1.33 bits per heavy atom. The van der Waals surface area contributed by atoms with Crippen molar-refractivity contribution in [1.29, 1.82) is 0 Å². The molecule has 4 nitrogen and oxygen atoms in total. The fourth-order valence-electron chi connectivity index (χ4n) is 3.81. The Kier molecular flexibility index (Phi) is 6.17. The average Bonchev–Trinajstić information content (AvgIpc) is 2.76. The highest BCUT2D eigenvalue weighted by Gasteiger charge is 2.16. The molecule has 0 spiro atoms. The van der Waals surface area contributed by atoms with Crippen LogP contribution in [-0.2, 0) is 11.2 Å². The van der Waals surface area contributed by atoms with Gasteiger partial charge in [0.25, 0.3) is 0 Å². The summed E-state index contributed by atoms with van der Waals surface area (Å²) in [6.07, 6.45) is 0.262. The van der Waals surface area contributed by atoms with Gasteiger partial charge in [0.05, 0.1) is 0 Å². The van der Waals surface area contributed by atoms with Crippen LogP contribution < -0.4 is 15.2 Å². The summed E-state index contributed by atoms with van der Waals surface area (Å²) in [5, 5.41) is 4.65. The minimum atomic E-state index is -0.397. The highest BCUT2D eigenvalue weighted by Crippen LogP contribution is 2.36. The van der Waals surface area contributed by atoms with Crippen molar-refractivity contribution in [2.45, 2.75) is 26.5 Å². The summed E-state index contributed by atoms with van der Waals surface area (Å²) in [4.78, 5) is 0. The molecule has 0 aliphatic carbocycles. The predicted octanol–water partition coefficient (Wildman–Crippen LogP) is 5.64. The molecule has 0 heterocycles. The van der Waals surface area contributed by atoms with Crippen molar-refractivity contribution in [3.8, 4) is 11.5 Å². The molecule has 0 saturated heterocycles. The quantitative estimate of drug-likeness (QED) is 0.307. The Morgan fingerprint density at radius 3 is 1.93 bits per heavy atom. The molecular weight excluding hydrogens is 374 g/mol. The van der Waals surface area contributed by atoms with E-state index in [1.807, 2.05) is 32.0 Å². The van der Waals surface area contributed by atoms with Gasteiger partial charge < -0.3 is 14.2 Å². The minimum Gasteiger partial charge on any atom is -0.476 e. The first-order valence-electron chi connectivity index (χ1n) is 10.3. The van der Waals surface area contributed by atoms with Crippen LogP contribution >= 0.6 is 0 Å². The summed E-state index contributed by atoms with van der Waals surface area (Å²) in [5.74, 6) is 1.62. The van der Waals surface area contributed by atoms with Gasteiger partial charge in [-0.05, 0) is 47.5 Å². The molecule has 4 aromatic rings. The Hall–Kier alpha value is -3.08. The van der Waals surface area contributed by atoms with E-state index in [4.69, 9.17) is 19.9 Å². The molecule has 0 saturated carbocycles. The number of hydrogen-bond acceptors (Lipinski definition) is 4. The first-order valence-corrected chi connectivity index (χ1v) is 10.3. The van der Waals surface area contributed by atoms with Crippen LogP contribution in [0.3, 0.4) is 0 Å². The van der Waals surface area contributed by atoms with E-state index < -0.39 is 6.23 Å². The standard InChI is InChI=1S/C26H27NO3/c1-3-28-17-29-25-14-12-19-8-4-6-10-21(19)23(25)16-24-22-11-7-5-9-20(22)13-15-26(24)30-18(2)27/h4-15,18H,3,16-17,27H2,1-2H3. The number of fused-ring (bicyclic) bond motifs is 2. The van der Waals surface area contributed by atoms with Gasteiger partial charge in [-0.1, -0.05) is 60.7 Å². The summed E-state index contributed by atoms with van der Waals surface area (Å²) < 4.78 is 17.4. The molecular formula is C26H27NO3. The van der Waals surface area contributed by atoms with Crippen LogP contribution in [0.2, 0.25) is 0 Å². The van der Waals surface area contributed by atoms with Crippen molar-refractivity contribution in [3.63, 3.8) is 0 Å². The van der Waals surface area contributed by atoms with Gasteiger partial charge in [-0.25, -0.2) is 0 Å². The van der Waals surface area contributed by atoms with E-state index in [-0.39, 0.29) is 6.79 Å². The Balaban J connectivity index is 1.87. The minimum absolute atomic E-state index is 0.223. The van der Waals surface area contributed by atoms with Crippen LogP contribution in [0, 0.1) is 0 Å². The van der Waals surface area contributed by atoms with Crippen molar-refractivity contribution in [3.05, 3.63) is 83.9 Å². The van der Waals surface area contributed by atoms with Gasteiger partial charge >= 0.3 is 0 Å². The highest BCUT2D eigenvalue weighted by molar-refractivity contribution is 5.91. The molecule has 30 heavy (non-hydrogen) atoms. The van der Waals surface area contributed by atoms with Crippen molar-refractivity contribution in [2.75, 3.05) is 13.4 Å². The molecule has 4 heteroatoms. The van der Waals surface area contributed by atoms with Crippen molar-refractivity contribution in [2.24, 2.45) is 5.73 Å². The van der Waals surface area contributed by atoms with Crippen molar-refractivity contribution >= 4 is 21.5 Å². The monoisotopic (exact) mass is 401 g/mol. The largest absolute Gasteiger partial charge is 0.476 e. The molecule has 0 radical (unpaired) electrons. The summed E-state index contributed by atoms with van der Waals surface area (Å²) >= 11 is 0.